The average molecular weight is 515 g/mol. The summed E-state index contributed by atoms with van der Waals surface area (Å²) in [5.41, 5.74) is 0.244. The van der Waals surface area contributed by atoms with Gasteiger partial charge in [0.15, 0.2) is 16.4 Å². The number of aromatic amines is 1. The maximum atomic E-state index is 15.2. The molecule has 13 heteroatoms. The summed E-state index contributed by atoms with van der Waals surface area (Å²) >= 11 is 0. The second-order valence-electron chi connectivity index (χ2n) is 7.96. The largest absolute Gasteiger partial charge is 0.487 e. The van der Waals surface area contributed by atoms with Gasteiger partial charge in [0.1, 0.15) is 24.2 Å². The van der Waals surface area contributed by atoms with E-state index in [-0.39, 0.29) is 23.1 Å². The molecule has 0 spiro atoms. The van der Waals surface area contributed by atoms with Crippen molar-refractivity contribution in [3.05, 3.63) is 65.1 Å². The third kappa shape index (κ3) is 4.76. The second kappa shape index (κ2) is 9.74. The first kappa shape index (κ1) is 24.8. The molecule has 3 heterocycles. The molecule has 186 valence electrons. The van der Waals surface area contributed by atoms with E-state index >= 15 is 4.39 Å². The summed E-state index contributed by atoms with van der Waals surface area (Å²) < 4.78 is 68.1. The molecular formula is C23H20F2N6O4S. The van der Waals surface area contributed by atoms with Crippen LogP contribution in [0.5, 0.6) is 11.6 Å². The van der Waals surface area contributed by atoms with E-state index < -0.39 is 44.4 Å². The van der Waals surface area contributed by atoms with Crippen molar-refractivity contribution >= 4 is 26.7 Å². The van der Waals surface area contributed by atoms with Crippen LogP contribution in [0.25, 0.3) is 11.0 Å². The zero-order chi connectivity index (χ0) is 26.0. The number of fused-ring (bicyclic) bond motifs is 1. The summed E-state index contributed by atoms with van der Waals surface area (Å²) in [4.78, 5) is 7.51. The average Bonchev–Trinajstić information content (AvgIpc) is 3.29. The number of ether oxygens (including phenoxy) is 2. The van der Waals surface area contributed by atoms with Crippen molar-refractivity contribution in [3.63, 3.8) is 0 Å². The minimum absolute atomic E-state index is 0.0475. The van der Waals surface area contributed by atoms with Gasteiger partial charge in [0.05, 0.1) is 35.8 Å². The summed E-state index contributed by atoms with van der Waals surface area (Å²) in [6.07, 6.45) is 2.51. The van der Waals surface area contributed by atoms with Crippen molar-refractivity contribution in [1.82, 2.24) is 20.2 Å². The monoisotopic (exact) mass is 514 g/mol. The van der Waals surface area contributed by atoms with Crippen LogP contribution in [-0.2, 0) is 16.6 Å². The number of nitrogens with zero attached hydrogens (tertiary/aromatic N) is 4. The van der Waals surface area contributed by atoms with Crippen LogP contribution in [0, 0.1) is 23.0 Å². The first-order chi connectivity index (χ1) is 17.1. The fourth-order valence-corrected chi connectivity index (χ4v) is 4.63. The molecule has 36 heavy (non-hydrogen) atoms. The molecule has 0 fully saturated rings. The van der Waals surface area contributed by atoms with Crippen molar-refractivity contribution in [2.24, 2.45) is 0 Å². The highest BCUT2D eigenvalue weighted by Gasteiger charge is 2.25. The normalized spacial score (nSPS) is 11.5. The summed E-state index contributed by atoms with van der Waals surface area (Å²) in [5, 5.41) is 16.8. The lowest BCUT2D eigenvalue weighted by Gasteiger charge is -2.14. The van der Waals surface area contributed by atoms with Gasteiger partial charge in [-0.25, -0.2) is 27.2 Å². The number of rotatable bonds is 8. The van der Waals surface area contributed by atoms with Gasteiger partial charge in [-0.2, -0.15) is 10.4 Å². The van der Waals surface area contributed by atoms with E-state index in [2.05, 4.69) is 24.9 Å². The number of sulfonamides is 1. The first-order valence-electron chi connectivity index (χ1n) is 10.5. The number of nitriles is 1. The quantitative estimate of drug-likeness (QED) is 0.359. The molecular weight excluding hydrogens is 494 g/mol. The van der Waals surface area contributed by atoms with Crippen molar-refractivity contribution in [2.45, 2.75) is 31.3 Å². The van der Waals surface area contributed by atoms with Gasteiger partial charge in [-0.3, -0.25) is 9.82 Å². The molecule has 1 aromatic carbocycles. The van der Waals surface area contributed by atoms with Gasteiger partial charge in [0, 0.05) is 11.6 Å². The van der Waals surface area contributed by atoms with Crippen LogP contribution >= 0.6 is 0 Å². The Hall–Kier alpha value is -4.31. The lowest BCUT2D eigenvalue weighted by molar-refractivity contribution is 0.292. The van der Waals surface area contributed by atoms with E-state index in [1.54, 1.807) is 12.1 Å². The molecule has 0 unspecified atom stereocenters. The van der Waals surface area contributed by atoms with Crippen molar-refractivity contribution in [3.8, 4) is 17.7 Å². The van der Waals surface area contributed by atoms with Crippen LogP contribution in [0.15, 0.2) is 41.6 Å². The van der Waals surface area contributed by atoms with Gasteiger partial charge in [0.2, 0.25) is 5.88 Å². The molecule has 0 radical (unpaired) electrons. The molecule has 0 aliphatic rings. The van der Waals surface area contributed by atoms with Crippen LogP contribution in [0.4, 0.5) is 14.5 Å². The molecule has 0 saturated heterocycles. The Bertz CT molecular complexity index is 1600. The van der Waals surface area contributed by atoms with E-state index in [1.165, 1.54) is 13.3 Å². The Kier molecular flexibility index (Phi) is 6.71. The van der Waals surface area contributed by atoms with Crippen LogP contribution in [-0.4, -0.2) is 35.7 Å². The van der Waals surface area contributed by atoms with Crippen molar-refractivity contribution in [1.29, 1.82) is 5.26 Å². The number of methoxy groups -OCH3 is 1. The van der Waals surface area contributed by atoms with E-state index in [4.69, 9.17) is 14.7 Å². The van der Waals surface area contributed by atoms with Gasteiger partial charge in [-0.1, -0.05) is 13.8 Å². The molecule has 10 nitrogen and oxygen atoms in total. The van der Waals surface area contributed by atoms with Crippen LogP contribution in [0.1, 0.15) is 36.6 Å². The van der Waals surface area contributed by atoms with Crippen molar-refractivity contribution in [2.75, 3.05) is 11.8 Å². The predicted octanol–water partition coefficient (Wildman–Crippen LogP) is 4.01. The Morgan fingerprint density at radius 2 is 1.97 bits per heavy atom. The van der Waals surface area contributed by atoms with Gasteiger partial charge in [-0.15, -0.1) is 0 Å². The molecule has 4 aromatic rings. The highest BCUT2D eigenvalue weighted by atomic mass is 32.2. The minimum atomic E-state index is -4.45. The smallest absolute Gasteiger partial charge is 0.267 e. The summed E-state index contributed by atoms with van der Waals surface area (Å²) in [7, 11) is -3.26. The summed E-state index contributed by atoms with van der Waals surface area (Å²) in [5.74, 6) is -2.03. The maximum absolute atomic E-state index is 15.2. The number of pyridine rings is 2. The Morgan fingerprint density at radius 1 is 1.19 bits per heavy atom. The molecule has 3 aromatic heterocycles. The molecule has 0 amide bonds. The fraction of sp³-hybridized carbons (Fsp3) is 0.217. The third-order valence-electron chi connectivity index (χ3n) is 5.21. The van der Waals surface area contributed by atoms with Crippen molar-refractivity contribution < 1.29 is 26.7 Å². The van der Waals surface area contributed by atoms with Crippen LogP contribution < -0.4 is 14.2 Å². The van der Waals surface area contributed by atoms with E-state index in [0.29, 0.717) is 11.0 Å². The molecule has 4 rings (SSSR count). The molecule has 0 saturated carbocycles. The zero-order valence-corrected chi connectivity index (χ0v) is 20.2. The number of halogens is 2. The minimum Gasteiger partial charge on any atom is -0.487 e. The number of anilines is 1. The van der Waals surface area contributed by atoms with Gasteiger partial charge in [0.25, 0.3) is 10.0 Å². The highest BCUT2D eigenvalue weighted by Crippen LogP contribution is 2.29. The van der Waals surface area contributed by atoms with Gasteiger partial charge >= 0.3 is 0 Å². The zero-order valence-electron chi connectivity index (χ0n) is 19.3. The number of aromatic nitrogens is 4. The third-order valence-corrected chi connectivity index (χ3v) is 6.57. The van der Waals surface area contributed by atoms with E-state index in [0.717, 1.165) is 30.1 Å². The second-order valence-corrected chi connectivity index (χ2v) is 9.61. The standard InChI is InChI=1S/C23H20F2N6O4S/c1-12(2)21-15-7-14(10-27-22(15)30-29-21)35-11-16-17(24)4-5-18(20(16)25)31-36(32,33)19-6-13(8-26)9-28-23(19)34-3/h4-7,9-10,12,31H,11H2,1-3H3,(H,27,29,30). The number of benzene rings is 1. The highest BCUT2D eigenvalue weighted by molar-refractivity contribution is 7.92. The molecule has 0 aliphatic heterocycles. The Labute approximate surface area is 205 Å². The molecule has 2 N–H and O–H groups in total. The van der Waals surface area contributed by atoms with E-state index in [9.17, 15) is 12.8 Å². The fourth-order valence-electron chi connectivity index (χ4n) is 3.43. The number of hydrogen-bond acceptors (Lipinski definition) is 8. The van der Waals surface area contributed by atoms with Crippen LogP contribution in [0.2, 0.25) is 0 Å². The number of nitrogens with one attached hydrogen (secondary N) is 2. The topological polar surface area (TPSA) is 143 Å². The molecule has 0 bridgehead atoms. The lowest BCUT2D eigenvalue weighted by atomic mass is 10.1. The first-order valence-corrected chi connectivity index (χ1v) is 12.0. The maximum Gasteiger partial charge on any atom is 0.267 e. The molecule has 0 atom stereocenters. The Morgan fingerprint density at radius 3 is 2.67 bits per heavy atom. The summed E-state index contributed by atoms with van der Waals surface area (Å²) in [6.45, 7) is 3.38. The summed E-state index contributed by atoms with van der Waals surface area (Å²) in [6, 6.07) is 6.31. The lowest BCUT2D eigenvalue weighted by Crippen LogP contribution is -2.17. The van der Waals surface area contributed by atoms with Gasteiger partial charge in [-0.05, 0) is 30.2 Å². The van der Waals surface area contributed by atoms with Crippen LogP contribution in [0.3, 0.4) is 0 Å². The Balaban J connectivity index is 1.62. The van der Waals surface area contributed by atoms with Gasteiger partial charge < -0.3 is 9.47 Å². The van der Waals surface area contributed by atoms with E-state index in [1.807, 2.05) is 13.8 Å². The predicted molar refractivity (Wildman–Crippen MR) is 125 cm³/mol. The number of hydrogen-bond donors (Lipinski definition) is 2. The number of H-pyrrole nitrogens is 1. The SMILES string of the molecule is COc1ncc(C#N)cc1S(=O)(=O)Nc1ccc(F)c(COc2cnc3[nH]nc(C(C)C)c3c2)c1F. The molecule has 0 aliphatic carbocycles.